The number of hydrogen-bond acceptors (Lipinski definition) is 6. The predicted octanol–water partition coefficient (Wildman–Crippen LogP) is 7.50. The van der Waals surface area contributed by atoms with Crippen molar-refractivity contribution in [2.24, 2.45) is 4.99 Å². The van der Waals surface area contributed by atoms with E-state index in [1.165, 1.54) is 28.7 Å². The molecule has 6 rings (SSSR count). The average molecular weight is 671 g/mol. The van der Waals surface area contributed by atoms with Crippen LogP contribution in [0.1, 0.15) is 49.6 Å². The highest BCUT2D eigenvalue weighted by Crippen LogP contribution is 2.36. The highest BCUT2D eigenvalue weighted by Gasteiger charge is 2.32. The molecule has 0 radical (unpaired) electrons. The third kappa shape index (κ3) is 6.11. The van der Waals surface area contributed by atoms with Gasteiger partial charge in [-0.3, -0.25) is 14.2 Å². The molecule has 0 saturated heterocycles. The van der Waals surface area contributed by atoms with Gasteiger partial charge in [-0.15, -0.1) is 0 Å². The topological polar surface area (TPSA) is 76.6 Å². The number of amides is 1. The van der Waals surface area contributed by atoms with Crippen LogP contribution in [0.25, 0.3) is 6.08 Å². The summed E-state index contributed by atoms with van der Waals surface area (Å²) in [5.74, 6) is 0.607. The van der Waals surface area contributed by atoms with Crippen LogP contribution in [0.2, 0.25) is 0 Å². The molecule has 3 heterocycles. The summed E-state index contributed by atoms with van der Waals surface area (Å²) in [6, 6.07) is 28.6. The first-order valence-corrected chi connectivity index (χ1v) is 16.2. The summed E-state index contributed by atoms with van der Waals surface area (Å²) in [4.78, 5) is 34.2. The standard InChI is InChI=1S/C34H28BrN3O3S2/c1-20(2)22-14-16-23(17-15-22)30-29(31(39)37-24-10-6-4-7-11-24)21(3)36-34-38(30)32(40)28(43-34)19-25-18-27(35)33(41-25)42-26-12-8-5-9-13-26/h4-20,30H,1-3H3,(H,37,39)/b28-19+/t30-/m1/s1. The fourth-order valence-corrected chi connectivity index (χ4v) is 7.32. The fraction of sp³-hybridized carbons (Fsp3) is 0.147. The van der Waals surface area contributed by atoms with E-state index < -0.39 is 6.04 Å². The van der Waals surface area contributed by atoms with Gasteiger partial charge in [0.05, 0.1) is 26.3 Å². The van der Waals surface area contributed by atoms with Gasteiger partial charge in [0, 0.05) is 16.7 Å². The second-order valence-electron chi connectivity index (χ2n) is 10.4. The number of nitrogens with one attached hydrogen (secondary N) is 1. The Morgan fingerprint density at radius 3 is 2.40 bits per heavy atom. The normalized spacial score (nSPS) is 15.0. The van der Waals surface area contributed by atoms with Crippen LogP contribution in [0, 0.1) is 0 Å². The molecule has 1 aliphatic heterocycles. The van der Waals surface area contributed by atoms with Crippen LogP contribution in [0.4, 0.5) is 5.69 Å². The van der Waals surface area contributed by atoms with Gasteiger partial charge < -0.3 is 9.73 Å². The molecular formula is C34H28BrN3O3S2. The van der Waals surface area contributed by atoms with Crippen LogP contribution in [-0.2, 0) is 4.79 Å². The van der Waals surface area contributed by atoms with Gasteiger partial charge in [0.2, 0.25) is 0 Å². The fourth-order valence-electron chi connectivity index (χ4n) is 4.94. The maximum absolute atomic E-state index is 14.1. The quantitative estimate of drug-likeness (QED) is 0.195. The third-order valence-corrected chi connectivity index (χ3v) is 9.95. The van der Waals surface area contributed by atoms with Crippen molar-refractivity contribution in [2.45, 2.75) is 42.7 Å². The van der Waals surface area contributed by atoms with Crippen molar-refractivity contribution in [3.8, 4) is 0 Å². The maximum Gasteiger partial charge on any atom is 0.271 e. The number of para-hydroxylation sites is 1. The minimum absolute atomic E-state index is 0.232. The van der Waals surface area contributed by atoms with Gasteiger partial charge in [0.25, 0.3) is 11.5 Å². The molecule has 0 aliphatic carbocycles. The van der Waals surface area contributed by atoms with Crippen LogP contribution >= 0.6 is 39.0 Å². The molecule has 1 amide bonds. The van der Waals surface area contributed by atoms with Gasteiger partial charge in [0.15, 0.2) is 9.89 Å². The van der Waals surface area contributed by atoms with Crippen LogP contribution in [0.15, 0.2) is 131 Å². The second-order valence-corrected chi connectivity index (χ2v) is 13.3. The van der Waals surface area contributed by atoms with E-state index >= 15 is 0 Å². The summed E-state index contributed by atoms with van der Waals surface area (Å²) in [5.41, 5.74) is 3.46. The van der Waals surface area contributed by atoms with Gasteiger partial charge in [-0.25, -0.2) is 4.99 Å². The summed E-state index contributed by atoms with van der Waals surface area (Å²) in [6.45, 7) is 6.10. The molecule has 1 atom stereocenters. The lowest BCUT2D eigenvalue weighted by Gasteiger charge is -2.25. The number of fused-ring (bicyclic) bond motifs is 1. The molecule has 0 saturated carbocycles. The average Bonchev–Trinajstić information content (AvgIpc) is 3.50. The number of benzene rings is 3. The number of thiazole rings is 1. The Bertz CT molecular complexity index is 2010. The minimum atomic E-state index is -0.643. The first-order chi connectivity index (χ1) is 20.8. The monoisotopic (exact) mass is 669 g/mol. The molecule has 9 heteroatoms. The Hall–Kier alpha value is -3.92. The number of nitrogens with zero attached hydrogens (tertiary/aromatic N) is 2. The molecule has 5 aromatic rings. The third-order valence-electron chi connectivity index (χ3n) is 7.12. The molecule has 216 valence electrons. The van der Waals surface area contributed by atoms with Crippen LogP contribution in [0.3, 0.4) is 0 Å². The van der Waals surface area contributed by atoms with E-state index in [2.05, 4.69) is 47.2 Å². The van der Waals surface area contributed by atoms with Crippen LogP contribution < -0.4 is 20.2 Å². The molecule has 0 bridgehead atoms. The van der Waals surface area contributed by atoms with E-state index in [-0.39, 0.29) is 11.5 Å². The van der Waals surface area contributed by atoms with E-state index in [9.17, 15) is 9.59 Å². The predicted molar refractivity (Wildman–Crippen MR) is 176 cm³/mol. The van der Waals surface area contributed by atoms with Crippen molar-refractivity contribution >= 4 is 56.7 Å². The number of halogens is 1. The number of rotatable bonds is 7. The molecule has 43 heavy (non-hydrogen) atoms. The van der Waals surface area contributed by atoms with Crippen molar-refractivity contribution in [1.29, 1.82) is 0 Å². The summed E-state index contributed by atoms with van der Waals surface area (Å²) < 4.78 is 9.02. The number of aromatic nitrogens is 1. The van der Waals surface area contributed by atoms with Crippen molar-refractivity contribution in [3.63, 3.8) is 0 Å². The number of hydrogen-bond donors (Lipinski definition) is 1. The molecular weight excluding hydrogens is 642 g/mol. The molecule has 3 aromatic carbocycles. The van der Waals surface area contributed by atoms with Gasteiger partial charge >= 0.3 is 0 Å². The lowest BCUT2D eigenvalue weighted by atomic mass is 9.93. The largest absolute Gasteiger partial charge is 0.449 e. The first-order valence-electron chi connectivity index (χ1n) is 13.8. The molecule has 1 aliphatic rings. The lowest BCUT2D eigenvalue weighted by molar-refractivity contribution is -0.113. The lowest BCUT2D eigenvalue weighted by Crippen LogP contribution is -2.40. The molecule has 6 nitrogen and oxygen atoms in total. The molecule has 1 N–H and O–H groups in total. The highest BCUT2D eigenvalue weighted by molar-refractivity contribution is 9.10. The molecule has 0 fully saturated rings. The van der Waals surface area contributed by atoms with E-state index in [4.69, 9.17) is 9.41 Å². The zero-order valence-electron chi connectivity index (χ0n) is 23.7. The number of anilines is 1. The Kier molecular flexibility index (Phi) is 8.38. The van der Waals surface area contributed by atoms with E-state index in [0.717, 1.165) is 14.9 Å². The summed E-state index contributed by atoms with van der Waals surface area (Å²) in [6.07, 6.45) is 1.74. The van der Waals surface area contributed by atoms with E-state index in [0.29, 0.717) is 43.1 Å². The van der Waals surface area contributed by atoms with Gasteiger partial charge in [-0.2, -0.15) is 0 Å². The maximum atomic E-state index is 14.1. The zero-order valence-corrected chi connectivity index (χ0v) is 26.9. The Labute approximate surface area is 265 Å². The first kappa shape index (κ1) is 29.2. The Morgan fingerprint density at radius 1 is 1.05 bits per heavy atom. The summed E-state index contributed by atoms with van der Waals surface area (Å²) in [5, 5.41) is 3.70. The number of carbonyl (C=O) groups excluding carboxylic acids is 1. The highest BCUT2D eigenvalue weighted by atomic mass is 79.9. The smallest absolute Gasteiger partial charge is 0.271 e. The minimum Gasteiger partial charge on any atom is -0.449 e. The zero-order chi connectivity index (χ0) is 30.1. The van der Waals surface area contributed by atoms with Crippen molar-refractivity contribution < 1.29 is 9.21 Å². The number of allylic oxidation sites excluding steroid dienone is 1. The van der Waals surface area contributed by atoms with Crippen molar-refractivity contribution in [3.05, 3.63) is 143 Å². The summed E-state index contributed by atoms with van der Waals surface area (Å²) >= 11 is 6.38. The Morgan fingerprint density at radius 2 is 1.72 bits per heavy atom. The second kappa shape index (κ2) is 12.4. The SMILES string of the molecule is CC1=C(C(=O)Nc2ccccc2)[C@@H](c2ccc(C(C)C)cc2)n2c(s/c(=C/c3cc(Br)c(Sc4ccccc4)o3)c2=O)=N1. The number of furan rings is 1. The summed E-state index contributed by atoms with van der Waals surface area (Å²) in [7, 11) is 0. The van der Waals surface area contributed by atoms with Gasteiger partial charge in [-0.05, 0) is 70.2 Å². The molecule has 2 aromatic heterocycles. The molecule has 0 unspecified atom stereocenters. The van der Waals surface area contributed by atoms with Crippen LogP contribution in [-0.4, -0.2) is 10.5 Å². The van der Waals surface area contributed by atoms with Crippen LogP contribution in [0.5, 0.6) is 0 Å². The van der Waals surface area contributed by atoms with Crippen molar-refractivity contribution in [1.82, 2.24) is 4.57 Å². The van der Waals surface area contributed by atoms with Gasteiger partial charge in [-0.1, -0.05) is 97.6 Å². The van der Waals surface area contributed by atoms with E-state index in [1.54, 1.807) is 10.6 Å². The van der Waals surface area contributed by atoms with E-state index in [1.807, 2.05) is 85.8 Å². The van der Waals surface area contributed by atoms with Crippen molar-refractivity contribution in [2.75, 3.05) is 5.32 Å². The Balaban J connectivity index is 1.44. The number of carbonyl (C=O) groups is 1. The van der Waals surface area contributed by atoms with Gasteiger partial charge in [0.1, 0.15) is 5.76 Å². The molecule has 0 spiro atoms.